The van der Waals surface area contributed by atoms with E-state index in [1.807, 2.05) is 0 Å². The molecule has 0 bridgehead atoms. The number of phenols is 1. The number of hydrogen-bond donors (Lipinski definition) is 2. The fraction of sp³-hybridized carbons (Fsp3) is 0. The summed E-state index contributed by atoms with van der Waals surface area (Å²) in [6.07, 6.45) is 0. The molecular weight excluding hydrogens is 242 g/mol. The average Bonchev–Trinajstić information content (AvgIpc) is 2.32. The van der Waals surface area contributed by atoms with Gasteiger partial charge in [-0.1, -0.05) is 17.7 Å². The molecule has 0 atom stereocenters. The lowest BCUT2D eigenvalue weighted by Gasteiger charge is -2.03. The molecule has 1 aromatic heterocycles. The highest BCUT2D eigenvalue weighted by molar-refractivity contribution is 6.29. The van der Waals surface area contributed by atoms with E-state index >= 15 is 0 Å². The SMILES string of the molecule is O=C(Nc1ccc(Cl)nn1)c1cccc(O)c1. The highest BCUT2D eigenvalue weighted by Gasteiger charge is 2.07. The smallest absolute Gasteiger partial charge is 0.256 e. The second kappa shape index (κ2) is 4.80. The summed E-state index contributed by atoms with van der Waals surface area (Å²) in [5.41, 5.74) is 0.335. The molecule has 86 valence electrons. The van der Waals surface area contributed by atoms with Gasteiger partial charge in [0.05, 0.1) is 0 Å². The van der Waals surface area contributed by atoms with E-state index in [2.05, 4.69) is 15.5 Å². The maximum atomic E-state index is 11.7. The van der Waals surface area contributed by atoms with Crippen molar-refractivity contribution in [2.45, 2.75) is 0 Å². The van der Waals surface area contributed by atoms with E-state index in [1.54, 1.807) is 12.1 Å². The second-order valence-corrected chi connectivity index (χ2v) is 3.63. The van der Waals surface area contributed by atoms with Gasteiger partial charge in [-0.05, 0) is 30.3 Å². The molecule has 6 heteroatoms. The minimum atomic E-state index is -0.377. The summed E-state index contributed by atoms with van der Waals surface area (Å²) in [6, 6.07) is 9.07. The third-order valence-electron chi connectivity index (χ3n) is 1.98. The summed E-state index contributed by atoms with van der Waals surface area (Å²) in [4.78, 5) is 11.7. The Hall–Kier alpha value is -2.14. The summed E-state index contributed by atoms with van der Waals surface area (Å²) >= 11 is 5.57. The molecule has 5 nitrogen and oxygen atoms in total. The molecule has 0 unspecified atom stereocenters. The Labute approximate surface area is 102 Å². The number of nitrogens with one attached hydrogen (secondary N) is 1. The van der Waals surface area contributed by atoms with Crippen molar-refractivity contribution in [3.05, 3.63) is 47.1 Å². The molecule has 17 heavy (non-hydrogen) atoms. The molecule has 1 amide bonds. The number of amides is 1. The predicted molar refractivity (Wildman–Crippen MR) is 63.1 cm³/mol. The predicted octanol–water partition coefficient (Wildman–Crippen LogP) is 2.09. The van der Waals surface area contributed by atoms with Gasteiger partial charge in [-0.25, -0.2) is 0 Å². The average molecular weight is 250 g/mol. The van der Waals surface area contributed by atoms with E-state index in [0.717, 1.165) is 0 Å². The van der Waals surface area contributed by atoms with E-state index in [1.165, 1.54) is 24.3 Å². The van der Waals surface area contributed by atoms with Crippen molar-refractivity contribution >= 4 is 23.3 Å². The van der Waals surface area contributed by atoms with Crippen LogP contribution in [0.15, 0.2) is 36.4 Å². The molecule has 1 heterocycles. The van der Waals surface area contributed by atoms with E-state index in [-0.39, 0.29) is 16.8 Å². The molecule has 0 aliphatic heterocycles. The van der Waals surface area contributed by atoms with Crippen molar-refractivity contribution in [1.82, 2.24) is 10.2 Å². The number of phenolic OH excluding ortho intramolecular Hbond substituents is 1. The van der Waals surface area contributed by atoms with Gasteiger partial charge >= 0.3 is 0 Å². The fourth-order valence-electron chi connectivity index (χ4n) is 1.22. The first-order chi connectivity index (χ1) is 8.15. The van der Waals surface area contributed by atoms with Crippen LogP contribution in [-0.4, -0.2) is 21.2 Å². The van der Waals surface area contributed by atoms with Gasteiger partial charge < -0.3 is 10.4 Å². The van der Waals surface area contributed by atoms with Crippen molar-refractivity contribution in [2.24, 2.45) is 0 Å². The molecule has 2 N–H and O–H groups in total. The fourth-order valence-corrected chi connectivity index (χ4v) is 1.32. The topological polar surface area (TPSA) is 75.1 Å². The van der Waals surface area contributed by atoms with Gasteiger partial charge in [0.1, 0.15) is 5.75 Å². The lowest BCUT2D eigenvalue weighted by Crippen LogP contribution is -2.13. The Morgan fingerprint density at radius 1 is 1.24 bits per heavy atom. The molecular formula is C11H8ClN3O2. The lowest BCUT2D eigenvalue weighted by molar-refractivity contribution is 0.102. The summed E-state index contributed by atoms with van der Waals surface area (Å²) in [5, 5.41) is 19.3. The van der Waals surface area contributed by atoms with Crippen molar-refractivity contribution in [1.29, 1.82) is 0 Å². The van der Waals surface area contributed by atoms with Crippen molar-refractivity contribution in [3.63, 3.8) is 0 Å². The summed E-state index contributed by atoms with van der Waals surface area (Å²) in [6.45, 7) is 0. The van der Waals surface area contributed by atoms with Crippen LogP contribution in [0, 0.1) is 0 Å². The van der Waals surface area contributed by atoms with Crippen LogP contribution in [-0.2, 0) is 0 Å². The Kier molecular flexibility index (Phi) is 3.20. The summed E-state index contributed by atoms with van der Waals surface area (Å²) in [7, 11) is 0. The number of halogens is 1. The molecule has 1 aromatic carbocycles. The Bertz CT molecular complexity index is 543. The minimum absolute atomic E-state index is 0.0276. The first-order valence-electron chi connectivity index (χ1n) is 4.75. The van der Waals surface area contributed by atoms with Crippen LogP contribution in [0.1, 0.15) is 10.4 Å². The van der Waals surface area contributed by atoms with Crippen LogP contribution in [0.5, 0.6) is 5.75 Å². The van der Waals surface area contributed by atoms with Gasteiger partial charge in [0.2, 0.25) is 0 Å². The Morgan fingerprint density at radius 2 is 2.06 bits per heavy atom. The first kappa shape index (κ1) is 11.3. The molecule has 0 spiro atoms. The third kappa shape index (κ3) is 2.92. The van der Waals surface area contributed by atoms with Gasteiger partial charge in [-0.15, -0.1) is 10.2 Å². The zero-order chi connectivity index (χ0) is 12.3. The molecule has 0 radical (unpaired) electrons. The standard InChI is InChI=1S/C11H8ClN3O2/c12-9-4-5-10(15-14-9)13-11(17)7-2-1-3-8(16)6-7/h1-6,16H,(H,13,15,17). The highest BCUT2D eigenvalue weighted by atomic mass is 35.5. The Morgan fingerprint density at radius 3 is 2.71 bits per heavy atom. The lowest BCUT2D eigenvalue weighted by atomic mass is 10.2. The van der Waals surface area contributed by atoms with E-state index < -0.39 is 0 Å². The second-order valence-electron chi connectivity index (χ2n) is 3.25. The van der Waals surface area contributed by atoms with Gasteiger partial charge in [0.25, 0.3) is 5.91 Å². The molecule has 0 fully saturated rings. The van der Waals surface area contributed by atoms with Crippen molar-refractivity contribution in [3.8, 4) is 5.75 Å². The van der Waals surface area contributed by atoms with Gasteiger partial charge in [0, 0.05) is 5.56 Å². The maximum absolute atomic E-state index is 11.7. The quantitative estimate of drug-likeness (QED) is 0.855. The summed E-state index contributed by atoms with van der Waals surface area (Å²) < 4.78 is 0. The number of benzene rings is 1. The van der Waals surface area contributed by atoms with Gasteiger partial charge in [-0.2, -0.15) is 0 Å². The van der Waals surface area contributed by atoms with Crippen LogP contribution >= 0.6 is 11.6 Å². The van der Waals surface area contributed by atoms with Crippen LogP contribution in [0.3, 0.4) is 0 Å². The molecule has 2 aromatic rings. The number of rotatable bonds is 2. The van der Waals surface area contributed by atoms with Crippen LogP contribution in [0.2, 0.25) is 5.15 Å². The molecule has 0 aliphatic carbocycles. The minimum Gasteiger partial charge on any atom is -0.508 e. The largest absolute Gasteiger partial charge is 0.508 e. The number of carbonyl (C=O) groups is 1. The number of aromatic nitrogens is 2. The van der Waals surface area contributed by atoms with E-state index in [9.17, 15) is 9.90 Å². The zero-order valence-electron chi connectivity index (χ0n) is 8.59. The number of hydrogen-bond acceptors (Lipinski definition) is 4. The normalized spacial score (nSPS) is 9.94. The van der Waals surface area contributed by atoms with Crippen LogP contribution < -0.4 is 5.32 Å². The highest BCUT2D eigenvalue weighted by Crippen LogP contribution is 2.13. The Balaban J connectivity index is 2.14. The molecule has 0 aliphatic rings. The van der Waals surface area contributed by atoms with Gasteiger partial charge in [0.15, 0.2) is 11.0 Å². The third-order valence-corrected chi connectivity index (χ3v) is 2.18. The molecule has 0 saturated heterocycles. The van der Waals surface area contributed by atoms with Crippen molar-refractivity contribution in [2.75, 3.05) is 5.32 Å². The number of aromatic hydroxyl groups is 1. The first-order valence-corrected chi connectivity index (χ1v) is 5.12. The summed E-state index contributed by atoms with van der Waals surface area (Å²) in [5.74, 6) is -0.0555. The van der Waals surface area contributed by atoms with Crippen molar-refractivity contribution < 1.29 is 9.90 Å². The van der Waals surface area contributed by atoms with Gasteiger partial charge in [-0.3, -0.25) is 4.79 Å². The monoisotopic (exact) mass is 249 g/mol. The number of nitrogens with zero attached hydrogens (tertiary/aromatic N) is 2. The zero-order valence-corrected chi connectivity index (χ0v) is 9.35. The van der Waals surface area contributed by atoms with Crippen LogP contribution in [0.25, 0.3) is 0 Å². The maximum Gasteiger partial charge on any atom is 0.256 e. The molecule has 2 rings (SSSR count). The number of carbonyl (C=O) groups excluding carboxylic acids is 1. The van der Waals surface area contributed by atoms with E-state index in [0.29, 0.717) is 11.4 Å². The van der Waals surface area contributed by atoms with Crippen LogP contribution in [0.4, 0.5) is 5.82 Å². The molecule has 0 saturated carbocycles. The number of anilines is 1. The van der Waals surface area contributed by atoms with E-state index in [4.69, 9.17) is 11.6 Å².